The highest BCUT2D eigenvalue weighted by molar-refractivity contribution is 6.31. The van der Waals surface area contributed by atoms with Crippen molar-refractivity contribution < 1.29 is 19.1 Å². The molecule has 9 heteroatoms. The number of hydrogen-bond acceptors (Lipinski definition) is 5. The van der Waals surface area contributed by atoms with E-state index in [9.17, 15) is 14.4 Å². The lowest BCUT2D eigenvalue weighted by molar-refractivity contribution is -0.134. The van der Waals surface area contributed by atoms with E-state index in [0.29, 0.717) is 50.0 Å². The number of benzene rings is 1. The molecule has 0 atom stereocenters. The van der Waals surface area contributed by atoms with E-state index in [1.807, 2.05) is 19.9 Å². The summed E-state index contributed by atoms with van der Waals surface area (Å²) in [5.74, 6) is -0.251. The zero-order valence-corrected chi connectivity index (χ0v) is 18.0. The number of rotatable bonds is 7. The van der Waals surface area contributed by atoms with E-state index >= 15 is 0 Å². The lowest BCUT2D eigenvalue weighted by atomic mass is 10.2. The molecule has 3 amide bonds. The SMILES string of the molecule is CCOC(=O)N1CCN(C(=O)CN(CC)CC(=O)Nc2cc(Cl)ccc2C)CC1. The number of anilines is 1. The molecule has 160 valence electrons. The van der Waals surface area contributed by atoms with Crippen LogP contribution in [0.5, 0.6) is 0 Å². The molecular weight excluding hydrogens is 396 g/mol. The first-order valence-electron chi connectivity index (χ1n) is 9.81. The molecule has 1 heterocycles. The van der Waals surface area contributed by atoms with Crippen LogP contribution in [0.3, 0.4) is 0 Å². The van der Waals surface area contributed by atoms with Crippen LogP contribution in [0.25, 0.3) is 0 Å². The highest BCUT2D eigenvalue weighted by Gasteiger charge is 2.26. The molecule has 29 heavy (non-hydrogen) atoms. The van der Waals surface area contributed by atoms with Crippen LogP contribution in [0.4, 0.5) is 10.5 Å². The summed E-state index contributed by atoms with van der Waals surface area (Å²) in [5, 5.41) is 3.40. The van der Waals surface area contributed by atoms with E-state index in [0.717, 1.165) is 5.56 Å². The average Bonchev–Trinajstić information content (AvgIpc) is 2.70. The molecule has 1 aliphatic heterocycles. The van der Waals surface area contributed by atoms with Gasteiger partial charge in [0.15, 0.2) is 0 Å². The lowest BCUT2D eigenvalue weighted by Crippen LogP contribution is -2.53. The van der Waals surface area contributed by atoms with Crippen molar-refractivity contribution in [3.8, 4) is 0 Å². The summed E-state index contributed by atoms with van der Waals surface area (Å²) in [5.41, 5.74) is 1.58. The molecule has 0 saturated carbocycles. The average molecular weight is 425 g/mol. The zero-order valence-electron chi connectivity index (χ0n) is 17.2. The Bertz CT molecular complexity index is 735. The second kappa shape index (κ2) is 11.0. The summed E-state index contributed by atoms with van der Waals surface area (Å²) in [6, 6.07) is 5.32. The van der Waals surface area contributed by atoms with Gasteiger partial charge in [0.1, 0.15) is 0 Å². The van der Waals surface area contributed by atoms with Gasteiger partial charge in [-0.2, -0.15) is 0 Å². The molecule has 1 aromatic carbocycles. The molecule has 0 aliphatic carbocycles. The summed E-state index contributed by atoms with van der Waals surface area (Å²) in [6.45, 7) is 8.54. The van der Waals surface area contributed by atoms with Gasteiger partial charge < -0.3 is 19.9 Å². The highest BCUT2D eigenvalue weighted by atomic mass is 35.5. The number of ether oxygens (including phenoxy) is 1. The third-order valence-corrected chi connectivity index (χ3v) is 5.04. The van der Waals surface area contributed by atoms with Crippen molar-refractivity contribution >= 4 is 35.2 Å². The quantitative estimate of drug-likeness (QED) is 0.725. The topological polar surface area (TPSA) is 82.2 Å². The van der Waals surface area contributed by atoms with Crippen molar-refractivity contribution in [3.63, 3.8) is 0 Å². The molecule has 0 radical (unpaired) electrons. The van der Waals surface area contributed by atoms with Gasteiger partial charge in [-0.25, -0.2) is 4.79 Å². The third-order valence-electron chi connectivity index (χ3n) is 4.81. The summed E-state index contributed by atoms with van der Waals surface area (Å²) in [6.07, 6.45) is -0.345. The van der Waals surface area contributed by atoms with E-state index in [2.05, 4.69) is 5.32 Å². The molecule has 0 bridgehead atoms. The van der Waals surface area contributed by atoms with Crippen molar-refractivity contribution in [2.45, 2.75) is 20.8 Å². The fraction of sp³-hybridized carbons (Fsp3) is 0.550. The Kier molecular flexibility index (Phi) is 8.72. The molecule has 1 fully saturated rings. The number of piperazine rings is 1. The molecule has 0 spiro atoms. The van der Waals surface area contributed by atoms with E-state index in [1.54, 1.807) is 33.8 Å². The molecule has 1 aromatic rings. The minimum Gasteiger partial charge on any atom is -0.450 e. The molecule has 1 N–H and O–H groups in total. The summed E-state index contributed by atoms with van der Waals surface area (Å²) >= 11 is 5.99. The zero-order chi connectivity index (χ0) is 21.4. The largest absolute Gasteiger partial charge is 0.450 e. The van der Waals surface area contributed by atoms with Crippen LogP contribution in [-0.4, -0.2) is 85.0 Å². The second-order valence-corrected chi connectivity index (χ2v) is 7.31. The Labute approximate surface area is 176 Å². The van der Waals surface area contributed by atoms with E-state index in [4.69, 9.17) is 16.3 Å². The minimum absolute atomic E-state index is 0.0536. The van der Waals surface area contributed by atoms with Crippen molar-refractivity contribution in [3.05, 3.63) is 28.8 Å². The van der Waals surface area contributed by atoms with Gasteiger partial charge in [-0.05, 0) is 38.1 Å². The molecule has 1 aliphatic rings. The first kappa shape index (κ1) is 23.0. The van der Waals surface area contributed by atoms with Crippen LogP contribution in [-0.2, 0) is 14.3 Å². The smallest absolute Gasteiger partial charge is 0.409 e. The molecule has 0 aromatic heterocycles. The summed E-state index contributed by atoms with van der Waals surface area (Å²) in [4.78, 5) is 41.9. The molecule has 0 unspecified atom stereocenters. The Morgan fingerprint density at radius 3 is 2.38 bits per heavy atom. The van der Waals surface area contributed by atoms with Gasteiger partial charge in [0.2, 0.25) is 11.8 Å². The van der Waals surface area contributed by atoms with Gasteiger partial charge in [-0.3, -0.25) is 14.5 Å². The van der Waals surface area contributed by atoms with Gasteiger partial charge in [0.25, 0.3) is 0 Å². The van der Waals surface area contributed by atoms with Crippen molar-refractivity contribution in [2.24, 2.45) is 0 Å². The van der Waals surface area contributed by atoms with Crippen molar-refractivity contribution in [2.75, 3.05) is 57.7 Å². The van der Waals surface area contributed by atoms with E-state index in [1.165, 1.54) is 0 Å². The number of hydrogen-bond donors (Lipinski definition) is 1. The maximum atomic E-state index is 12.6. The van der Waals surface area contributed by atoms with Crippen LogP contribution in [0.15, 0.2) is 18.2 Å². The Morgan fingerprint density at radius 1 is 1.10 bits per heavy atom. The van der Waals surface area contributed by atoms with E-state index < -0.39 is 0 Å². The van der Waals surface area contributed by atoms with Gasteiger partial charge in [-0.1, -0.05) is 24.6 Å². The van der Waals surface area contributed by atoms with Crippen LogP contribution in [0.1, 0.15) is 19.4 Å². The second-order valence-electron chi connectivity index (χ2n) is 6.88. The Morgan fingerprint density at radius 2 is 1.76 bits per heavy atom. The van der Waals surface area contributed by atoms with Crippen molar-refractivity contribution in [1.82, 2.24) is 14.7 Å². The maximum Gasteiger partial charge on any atom is 0.409 e. The van der Waals surface area contributed by atoms with Gasteiger partial charge in [-0.15, -0.1) is 0 Å². The highest BCUT2D eigenvalue weighted by Crippen LogP contribution is 2.20. The van der Waals surface area contributed by atoms with Gasteiger partial charge >= 0.3 is 6.09 Å². The number of amides is 3. The predicted octanol–water partition coefficient (Wildman–Crippen LogP) is 2.21. The van der Waals surface area contributed by atoms with Gasteiger partial charge in [0, 0.05) is 36.9 Å². The van der Waals surface area contributed by atoms with Crippen LogP contribution in [0, 0.1) is 6.92 Å². The molecule has 8 nitrogen and oxygen atoms in total. The fourth-order valence-corrected chi connectivity index (χ4v) is 3.22. The molecular formula is C20H29ClN4O4. The van der Waals surface area contributed by atoms with E-state index in [-0.39, 0.29) is 31.0 Å². The lowest BCUT2D eigenvalue weighted by Gasteiger charge is -2.35. The number of carbonyl (C=O) groups excluding carboxylic acids is 3. The number of likely N-dealkylation sites (N-methyl/N-ethyl adjacent to an activating group) is 1. The first-order valence-corrected chi connectivity index (χ1v) is 10.2. The van der Waals surface area contributed by atoms with Crippen LogP contribution in [0.2, 0.25) is 5.02 Å². The monoisotopic (exact) mass is 424 g/mol. The van der Waals surface area contributed by atoms with Crippen LogP contribution >= 0.6 is 11.6 Å². The maximum absolute atomic E-state index is 12.6. The van der Waals surface area contributed by atoms with Gasteiger partial charge in [0.05, 0.1) is 19.7 Å². The predicted molar refractivity (Wildman–Crippen MR) is 112 cm³/mol. The first-order chi connectivity index (χ1) is 13.8. The number of carbonyl (C=O) groups is 3. The van der Waals surface area contributed by atoms with Crippen LogP contribution < -0.4 is 5.32 Å². The molecule has 2 rings (SSSR count). The number of nitrogens with zero attached hydrogens (tertiary/aromatic N) is 3. The number of halogens is 1. The Balaban J connectivity index is 1.83. The summed E-state index contributed by atoms with van der Waals surface area (Å²) < 4.78 is 4.99. The normalized spacial score (nSPS) is 14.1. The standard InChI is InChI=1S/C20H29ClN4O4/c1-4-23(13-18(26)22-17-12-16(21)7-6-15(17)3)14-19(27)24-8-10-25(11-9-24)20(28)29-5-2/h6-7,12H,4-5,8-11,13-14H2,1-3H3,(H,22,26). The minimum atomic E-state index is -0.345. The number of aryl methyl sites for hydroxylation is 1. The summed E-state index contributed by atoms with van der Waals surface area (Å²) in [7, 11) is 0. The van der Waals surface area contributed by atoms with Crippen molar-refractivity contribution in [1.29, 1.82) is 0 Å². The number of nitrogens with one attached hydrogen (secondary N) is 1. The molecule has 1 saturated heterocycles. The third kappa shape index (κ3) is 6.90. The fourth-order valence-electron chi connectivity index (χ4n) is 3.05. The Hall–Kier alpha value is -2.32.